The van der Waals surface area contributed by atoms with Crippen molar-refractivity contribution in [3.8, 4) is 0 Å². The van der Waals surface area contributed by atoms with Gasteiger partial charge in [-0.1, -0.05) is 24.3 Å². The highest BCUT2D eigenvalue weighted by atomic mass is 16.1. The van der Waals surface area contributed by atoms with Gasteiger partial charge in [-0.3, -0.25) is 4.79 Å². The number of benzene rings is 1. The van der Waals surface area contributed by atoms with Crippen molar-refractivity contribution < 1.29 is 4.79 Å². The van der Waals surface area contributed by atoms with Crippen molar-refractivity contribution >= 4 is 5.91 Å². The maximum atomic E-state index is 11.3. The Labute approximate surface area is 134 Å². The zero-order valence-corrected chi connectivity index (χ0v) is 14.6. The Morgan fingerprint density at radius 3 is 2.50 bits per heavy atom. The second-order valence-corrected chi connectivity index (χ2v) is 7.70. The van der Waals surface area contributed by atoms with Crippen LogP contribution in [0.4, 0.5) is 0 Å². The average molecular weight is 302 g/mol. The molecule has 122 valence electrons. The summed E-state index contributed by atoms with van der Waals surface area (Å²) in [5.74, 6) is 0.0400. The molecule has 1 fully saturated rings. The molecule has 0 saturated heterocycles. The van der Waals surface area contributed by atoms with Gasteiger partial charge < -0.3 is 10.6 Å². The molecule has 2 N–H and O–H groups in total. The Morgan fingerprint density at radius 1 is 1.32 bits per heavy atom. The minimum Gasteiger partial charge on any atom is -0.351 e. The highest BCUT2D eigenvalue weighted by Crippen LogP contribution is 2.40. The number of carbonyl (C=O) groups is 1. The third-order valence-corrected chi connectivity index (χ3v) is 4.53. The van der Waals surface area contributed by atoms with Gasteiger partial charge in [-0.05, 0) is 64.5 Å². The summed E-state index contributed by atoms with van der Waals surface area (Å²) in [7, 11) is 0. The summed E-state index contributed by atoms with van der Waals surface area (Å²) in [6.07, 6.45) is 4.52. The van der Waals surface area contributed by atoms with Crippen LogP contribution in [0, 0.1) is 6.92 Å². The number of nitrogens with one attached hydrogen (secondary N) is 2. The lowest BCUT2D eigenvalue weighted by Crippen LogP contribution is -2.49. The van der Waals surface area contributed by atoms with E-state index in [1.165, 1.54) is 24.0 Å². The molecule has 0 spiro atoms. The molecule has 22 heavy (non-hydrogen) atoms. The van der Waals surface area contributed by atoms with Gasteiger partial charge in [-0.2, -0.15) is 0 Å². The highest BCUT2D eigenvalue weighted by molar-refractivity contribution is 5.73. The fourth-order valence-corrected chi connectivity index (χ4v) is 3.56. The molecule has 3 heteroatoms. The largest absolute Gasteiger partial charge is 0.351 e. The lowest BCUT2D eigenvalue weighted by molar-refractivity contribution is -0.120. The normalized spacial score (nSPS) is 17.9. The van der Waals surface area contributed by atoms with Gasteiger partial charge in [0.05, 0.1) is 0 Å². The van der Waals surface area contributed by atoms with Crippen LogP contribution >= 0.6 is 0 Å². The van der Waals surface area contributed by atoms with Crippen molar-refractivity contribution in [3.63, 3.8) is 0 Å². The van der Waals surface area contributed by atoms with Gasteiger partial charge in [0.2, 0.25) is 5.91 Å². The molecule has 1 aliphatic rings. The van der Waals surface area contributed by atoms with E-state index in [-0.39, 0.29) is 17.0 Å². The average Bonchev–Trinajstić information content (AvgIpc) is 3.09. The second kappa shape index (κ2) is 6.41. The molecule has 0 aliphatic heterocycles. The third kappa shape index (κ3) is 4.84. The van der Waals surface area contributed by atoms with E-state index >= 15 is 0 Å². The van der Waals surface area contributed by atoms with Gasteiger partial charge in [0.15, 0.2) is 0 Å². The molecule has 0 aromatic heterocycles. The van der Waals surface area contributed by atoms with Gasteiger partial charge in [0, 0.05) is 24.0 Å². The van der Waals surface area contributed by atoms with Crippen LogP contribution < -0.4 is 10.6 Å². The Bertz CT molecular complexity index is 532. The maximum absolute atomic E-state index is 11.3. The van der Waals surface area contributed by atoms with Crippen LogP contribution in [0.1, 0.15) is 58.1 Å². The number of hydrogen-bond donors (Lipinski definition) is 2. The Kier molecular flexibility index (Phi) is 4.96. The molecule has 0 unspecified atom stereocenters. The summed E-state index contributed by atoms with van der Waals surface area (Å²) < 4.78 is 0. The van der Waals surface area contributed by atoms with Crippen LogP contribution in [0.2, 0.25) is 0 Å². The quantitative estimate of drug-likeness (QED) is 0.811. The van der Waals surface area contributed by atoms with Crippen LogP contribution in [-0.2, 0) is 11.2 Å². The molecule has 0 bridgehead atoms. The van der Waals surface area contributed by atoms with E-state index in [4.69, 9.17) is 0 Å². The maximum Gasteiger partial charge on any atom is 0.217 e. The van der Waals surface area contributed by atoms with Crippen molar-refractivity contribution in [1.82, 2.24) is 10.6 Å². The predicted octanol–water partition coefficient (Wildman–Crippen LogP) is 3.35. The van der Waals surface area contributed by atoms with E-state index in [9.17, 15) is 4.79 Å². The Morgan fingerprint density at radius 2 is 1.95 bits per heavy atom. The van der Waals surface area contributed by atoms with E-state index in [1.54, 1.807) is 6.92 Å². The first-order valence-corrected chi connectivity index (χ1v) is 8.32. The molecule has 1 amide bonds. The number of amides is 1. The fourth-order valence-electron chi connectivity index (χ4n) is 3.56. The molecule has 0 heterocycles. The lowest BCUT2D eigenvalue weighted by atomic mass is 9.93. The minimum atomic E-state index is -0.170. The molecule has 1 aliphatic carbocycles. The molecule has 1 aromatic carbocycles. The molecule has 0 radical (unpaired) electrons. The van der Waals surface area contributed by atoms with Crippen LogP contribution in [0.3, 0.4) is 0 Å². The van der Waals surface area contributed by atoms with Crippen molar-refractivity contribution in [2.24, 2.45) is 0 Å². The zero-order chi connectivity index (χ0) is 16.4. The first-order valence-electron chi connectivity index (χ1n) is 8.32. The summed E-state index contributed by atoms with van der Waals surface area (Å²) in [6, 6.07) is 9.04. The summed E-state index contributed by atoms with van der Waals surface area (Å²) in [4.78, 5) is 11.3. The minimum absolute atomic E-state index is 0.0400. The van der Waals surface area contributed by atoms with Crippen molar-refractivity contribution in [1.29, 1.82) is 0 Å². The van der Waals surface area contributed by atoms with Crippen LogP contribution in [-0.4, -0.2) is 23.0 Å². The molecule has 2 rings (SSSR count). The third-order valence-electron chi connectivity index (χ3n) is 4.53. The number of hydrogen-bond acceptors (Lipinski definition) is 2. The van der Waals surface area contributed by atoms with E-state index in [1.807, 2.05) is 0 Å². The summed E-state index contributed by atoms with van der Waals surface area (Å²) in [5.41, 5.74) is 2.91. The van der Waals surface area contributed by atoms with E-state index in [2.05, 4.69) is 62.6 Å². The van der Waals surface area contributed by atoms with Crippen LogP contribution in [0.25, 0.3) is 0 Å². The van der Waals surface area contributed by atoms with Gasteiger partial charge in [0.25, 0.3) is 0 Å². The van der Waals surface area contributed by atoms with E-state index in [0.29, 0.717) is 6.04 Å². The number of carbonyl (C=O) groups excluding carboxylic acids is 1. The van der Waals surface area contributed by atoms with Crippen LogP contribution in [0.15, 0.2) is 24.3 Å². The summed E-state index contributed by atoms with van der Waals surface area (Å²) in [5, 5.41) is 6.86. The molecule has 1 atom stereocenters. The molecular weight excluding hydrogens is 272 g/mol. The van der Waals surface area contributed by atoms with Crippen molar-refractivity contribution in [2.75, 3.05) is 0 Å². The molecule has 1 saturated carbocycles. The number of aryl methyl sites for hydroxylation is 1. The van der Waals surface area contributed by atoms with Gasteiger partial charge in [0.1, 0.15) is 0 Å². The SMILES string of the molecule is CC(=O)NC(C)(C)C[C@@H](C)NC1(Cc2ccccc2C)CC1. The molecular formula is C19H30N2O. The van der Waals surface area contributed by atoms with Crippen LogP contribution in [0.5, 0.6) is 0 Å². The standard InChI is InChI=1S/C19H30N2O/c1-14-8-6-7-9-17(14)13-19(10-11-19)20-15(2)12-18(4,5)21-16(3)22/h6-9,15,20H,10-13H2,1-5H3,(H,21,22)/t15-/m1/s1. The number of rotatable bonds is 7. The Balaban J connectivity index is 1.92. The molecule has 3 nitrogen and oxygen atoms in total. The monoisotopic (exact) mass is 302 g/mol. The van der Waals surface area contributed by atoms with E-state index in [0.717, 1.165) is 12.8 Å². The smallest absolute Gasteiger partial charge is 0.217 e. The fraction of sp³-hybridized carbons (Fsp3) is 0.632. The highest BCUT2D eigenvalue weighted by Gasteiger charge is 2.43. The summed E-state index contributed by atoms with van der Waals surface area (Å²) in [6.45, 7) is 10.2. The first kappa shape index (κ1) is 17.0. The van der Waals surface area contributed by atoms with Gasteiger partial charge >= 0.3 is 0 Å². The predicted molar refractivity (Wildman–Crippen MR) is 92.0 cm³/mol. The second-order valence-electron chi connectivity index (χ2n) is 7.70. The lowest BCUT2D eigenvalue weighted by Gasteiger charge is -2.32. The van der Waals surface area contributed by atoms with Crippen molar-refractivity contribution in [2.45, 2.75) is 77.4 Å². The first-order chi connectivity index (χ1) is 10.2. The topological polar surface area (TPSA) is 41.1 Å². The van der Waals surface area contributed by atoms with Gasteiger partial charge in [-0.25, -0.2) is 0 Å². The van der Waals surface area contributed by atoms with Gasteiger partial charge in [-0.15, -0.1) is 0 Å². The van der Waals surface area contributed by atoms with Crippen molar-refractivity contribution in [3.05, 3.63) is 35.4 Å². The Hall–Kier alpha value is -1.35. The summed E-state index contributed by atoms with van der Waals surface area (Å²) >= 11 is 0. The van der Waals surface area contributed by atoms with E-state index < -0.39 is 0 Å². The molecule has 1 aromatic rings. The zero-order valence-electron chi connectivity index (χ0n) is 14.6.